The number of aryl methyl sites for hydroxylation is 4. The Morgan fingerprint density at radius 3 is 1.27 bits per heavy atom. The molecule has 0 radical (unpaired) electrons. The molecule has 0 heterocycles. The molecule has 0 amide bonds. The second kappa shape index (κ2) is 6.55. The Kier molecular flexibility index (Phi) is 4.94. The Hall–Kier alpha value is -1.77. The van der Waals surface area contributed by atoms with Crippen molar-refractivity contribution in [3.8, 4) is 11.5 Å². The molecular weight excluding hydrogens is 299 g/mol. The lowest BCUT2D eigenvalue weighted by molar-refractivity contribution is 0.250. The van der Waals surface area contributed by atoms with Crippen molar-refractivity contribution in [2.75, 3.05) is 7.11 Å². The lowest BCUT2D eigenvalue weighted by atomic mass is 10.1. The van der Waals surface area contributed by atoms with Gasteiger partial charge in [-0.1, -0.05) is 12.1 Å². The Morgan fingerprint density at radius 2 is 1.00 bits per heavy atom. The van der Waals surface area contributed by atoms with Crippen LogP contribution < -0.4 is 9.05 Å². The third-order valence-electron chi connectivity index (χ3n) is 3.05. The van der Waals surface area contributed by atoms with E-state index in [2.05, 4.69) is 0 Å². The summed E-state index contributed by atoms with van der Waals surface area (Å²) in [7, 11) is -2.41. The lowest BCUT2D eigenvalue weighted by Gasteiger charge is -2.18. The second-order valence-corrected chi connectivity index (χ2v) is 7.08. The number of phosphoric ester groups is 1. The van der Waals surface area contributed by atoms with Crippen molar-refractivity contribution in [3.05, 3.63) is 58.7 Å². The van der Waals surface area contributed by atoms with Crippen LogP contribution in [0.4, 0.5) is 0 Å². The van der Waals surface area contributed by atoms with E-state index >= 15 is 0 Å². The maximum Gasteiger partial charge on any atom is 0.587 e. The molecule has 2 rings (SSSR count). The molecule has 2 aromatic carbocycles. The predicted molar refractivity (Wildman–Crippen MR) is 87.7 cm³/mol. The third kappa shape index (κ3) is 4.36. The number of rotatable bonds is 5. The minimum absolute atomic E-state index is 0.465. The first-order chi connectivity index (χ1) is 10.3. The minimum atomic E-state index is -3.72. The van der Waals surface area contributed by atoms with E-state index < -0.39 is 7.82 Å². The van der Waals surface area contributed by atoms with E-state index in [1.807, 2.05) is 39.8 Å². The molecule has 0 spiro atoms. The van der Waals surface area contributed by atoms with Crippen molar-refractivity contribution in [3.63, 3.8) is 0 Å². The topological polar surface area (TPSA) is 44.8 Å². The van der Waals surface area contributed by atoms with Crippen LogP contribution in [0, 0.1) is 27.7 Å². The highest BCUT2D eigenvalue weighted by molar-refractivity contribution is 7.49. The smallest absolute Gasteiger partial charge is 0.395 e. The highest BCUT2D eigenvalue weighted by atomic mass is 31.2. The number of benzene rings is 2. The van der Waals surface area contributed by atoms with Gasteiger partial charge >= 0.3 is 7.82 Å². The molecule has 2 aromatic rings. The van der Waals surface area contributed by atoms with E-state index in [4.69, 9.17) is 13.6 Å². The first-order valence-electron chi connectivity index (χ1n) is 7.01. The van der Waals surface area contributed by atoms with E-state index in [9.17, 15) is 4.57 Å². The second-order valence-electron chi connectivity index (χ2n) is 5.46. The maximum atomic E-state index is 12.7. The van der Waals surface area contributed by atoms with Gasteiger partial charge in [-0.25, -0.2) is 4.57 Å². The quantitative estimate of drug-likeness (QED) is 0.716. The molecule has 0 aromatic heterocycles. The molecule has 22 heavy (non-hydrogen) atoms. The number of hydrogen-bond donors (Lipinski definition) is 0. The zero-order chi connectivity index (χ0) is 16.3. The summed E-state index contributed by atoms with van der Waals surface area (Å²) in [6, 6.07) is 11.2. The molecule has 5 heteroatoms. The fourth-order valence-corrected chi connectivity index (χ4v) is 3.24. The van der Waals surface area contributed by atoms with E-state index in [0.717, 1.165) is 22.3 Å². The number of phosphoric acid groups is 1. The third-order valence-corrected chi connectivity index (χ3v) is 4.36. The average Bonchev–Trinajstić information content (AvgIpc) is 2.35. The van der Waals surface area contributed by atoms with Crippen LogP contribution in [0.1, 0.15) is 22.3 Å². The maximum absolute atomic E-state index is 12.7. The van der Waals surface area contributed by atoms with Crippen molar-refractivity contribution in [2.24, 2.45) is 0 Å². The molecule has 0 fully saturated rings. The van der Waals surface area contributed by atoms with Crippen LogP contribution in [-0.4, -0.2) is 7.11 Å². The van der Waals surface area contributed by atoms with Gasteiger partial charge in [-0.2, -0.15) is 0 Å². The Labute approximate surface area is 131 Å². The largest absolute Gasteiger partial charge is 0.587 e. The van der Waals surface area contributed by atoms with Gasteiger partial charge in [0.05, 0.1) is 0 Å². The normalized spacial score (nSPS) is 11.3. The standard InChI is InChI=1S/C17H21O4P/c1-12-6-13(2)9-16(8-12)20-22(18,19-5)21-17-10-14(3)7-15(4)11-17/h6-11H,1-5H3. The molecule has 0 aliphatic rings. The van der Waals surface area contributed by atoms with E-state index in [1.165, 1.54) is 7.11 Å². The van der Waals surface area contributed by atoms with Crippen LogP contribution in [0.3, 0.4) is 0 Å². The van der Waals surface area contributed by atoms with E-state index in [0.29, 0.717) is 11.5 Å². The fraction of sp³-hybridized carbons (Fsp3) is 0.294. The van der Waals surface area contributed by atoms with Crippen molar-refractivity contribution in [1.29, 1.82) is 0 Å². The highest BCUT2D eigenvalue weighted by Gasteiger charge is 2.29. The van der Waals surface area contributed by atoms with Gasteiger partial charge in [-0.3, -0.25) is 4.52 Å². The molecule has 0 aliphatic carbocycles. The Morgan fingerprint density at radius 1 is 0.682 bits per heavy atom. The molecule has 0 saturated heterocycles. The van der Waals surface area contributed by atoms with Gasteiger partial charge in [-0.15, -0.1) is 0 Å². The summed E-state index contributed by atoms with van der Waals surface area (Å²) >= 11 is 0. The minimum Gasteiger partial charge on any atom is -0.395 e. The summed E-state index contributed by atoms with van der Waals surface area (Å²) in [6.07, 6.45) is 0. The molecule has 0 atom stereocenters. The molecule has 0 unspecified atom stereocenters. The summed E-state index contributed by atoms with van der Waals surface area (Å²) in [4.78, 5) is 0. The van der Waals surface area contributed by atoms with Crippen LogP contribution >= 0.6 is 7.82 Å². The SMILES string of the molecule is COP(=O)(Oc1cc(C)cc(C)c1)Oc1cc(C)cc(C)c1. The van der Waals surface area contributed by atoms with Gasteiger partial charge < -0.3 is 9.05 Å². The summed E-state index contributed by atoms with van der Waals surface area (Å²) in [6.45, 7) is 7.79. The Bertz CT molecular complexity index is 627. The van der Waals surface area contributed by atoms with Gasteiger partial charge in [0.2, 0.25) is 0 Å². The molecule has 0 N–H and O–H groups in total. The van der Waals surface area contributed by atoms with Gasteiger partial charge in [0.15, 0.2) is 0 Å². The number of hydrogen-bond acceptors (Lipinski definition) is 4. The first kappa shape index (κ1) is 16.6. The highest BCUT2D eigenvalue weighted by Crippen LogP contribution is 2.49. The first-order valence-corrected chi connectivity index (χ1v) is 8.47. The lowest BCUT2D eigenvalue weighted by Crippen LogP contribution is -2.03. The van der Waals surface area contributed by atoms with Crippen molar-refractivity contribution in [1.82, 2.24) is 0 Å². The molecule has 118 valence electrons. The van der Waals surface area contributed by atoms with E-state index in [-0.39, 0.29) is 0 Å². The average molecular weight is 320 g/mol. The molecule has 0 aliphatic heterocycles. The van der Waals surface area contributed by atoms with Gasteiger partial charge in [-0.05, 0) is 74.2 Å². The van der Waals surface area contributed by atoms with Crippen LogP contribution in [0.5, 0.6) is 11.5 Å². The van der Waals surface area contributed by atoms with Crippen molar-refractivity contribution in [2.45, 2.75) is 27.7 Å². The Balaban J connectivity index is 2.26. The summed E-state index contributed by atoms with van der Waals surface area (Å²) < 4.78 is 28.7. The van der Waals surface area contributed by atoms with Crippen molar-refractivity contribution >= 4 is 7.82 Å². The zero-order valence-corrected chi connectivity index (χ0v) is 14.4. The van der Waals surface area contributed by atoms with Gasteiger partial charge in [0.25, 0.3) is 0 Å². The van der Waals surface area contributed by atoms with E-state index in [1.54, 1.807) is 24.3 Å². The van der Waals surface area contributed by atoms with Crippen LogP contribution in [0.25, 0.3) is 0 Å². The van der Waals surface area contributed by atoms with Gasteiger partial charge in [0.1, 0.15) is 11.5 Å². The summed E-state index contributed by atoms with van der Waals surface area (Å²) in [5.41, 5.74) is 4.07. The monoisotopic (exact) mass is 320 g/mol. The summed E-state index contributed by atoms with van der Waals surface area (Å²) in [5, 5.41) is 0. The summed E-state index contributed by atoms with van der Waals surface area (Å²) in [5.74, 6) is 0.930. The molecule has 0 bridgehead atoms. The molecule has 0 saturated carbocycles. The van der Waals surface area contributed by atoms with Crippen LogP contribution in [-0.2, 0) is 9.09 Å². The van der Waals surface area contributed by atoms with Crippen molar-refractivity contribution < 1.29 is 18.1 Å². The van der Waals surface area contributed by atoms with Crippen LogP contribution in [0.2, 0.25) is 0 Å². The molecule has 4 nitrogen and oxygen atoms in total. The van der Waals surface area contributed by atoms with Gasteiger partial charge in [0, 0.05) is 7.11 Å². The fourth-order valence-electron chi connectivity index (χ4n) is 2.32. The predicted octanol–water partition coefficient (Wildman–Crippen LogP) is 5.13. The zero-order valence-electron chi connectivity index (χ0n) is 13.5. The molecular formula is C17H21O4P. The van der Waals surface area contributed by atoms with Crippen LogP contribution in [0.15, 0.2) is 36.4 Å².